The molecule has 0 aliphatic heterocycles. The van der Waals surface area contributed by atoms with Gasteiger partial charge in [-0.3, -0.25) is 14.4 Å². The molecule has 0 saturated heterocycles. The number of rotatable bonds is 10. The maximum absolute atomic E-state index is 13.2. The second-order valence-electron chi connectivity index (χ2n) is 9.27. The fourth-order valence-electron chi connectivity index (χ4n) is 4.44. The van der Waals surface area contributed by atoms with E-state index >= 15 is 0 Å². The van der Waals surface area contributed by atoms with Gasteiger partial charge in [0.25, 0.3) is 5.91 Å². The van der Waals surface area contributed by atoms with Crippen molar-refractivity contribution in [3.05, 3.63) is 89.5 Å². The molecule has 0 spiro atoms. The maximum Gasteiger partial charge on any atom is 0.252 e. The summed E-state index contributed by atoms with van der Waals surface area (Å²) in [6, 6.07) is 15.8. The van der Waals surface area contributed by atoms with Crippen LogP contribution in [0.25, 0.3) is 10.9 Å². The molecule has 0 atom stereocenters. The Balaban J connectivity index is 1.28. The van der Waals surface area contributed by atoms with Gasteiger partial charge in [0.1, 0.15) is 23.6 Å². The summed E-state index contributed by atoms with van der Waals surface area (Å²) in [6.07, 6.45) is 2.63. The fraction of sp³-hybridized carbons (Fsp3) is 0.207. The number of aromatic nitrogens is 2. The van der Waals surface area contributed by atoms with Crippen LogP contribution in [0.1, 0.15) is 34.3 Å². The van der Waals surface area contributed by atoms with Crippen LogP contribution < -0.4 is 15.2 Å². The first kappa shape index (κ1) is 25.0. The van der Waals surface area contributed by atoms with Gasteiger partial charge in [-0.05, 0) is 54.3 Å². The zero-order valence-electron chi connectivity index (χ0n) is 20.6. The number of amides is 1. The van der Waals surface area contributed by atoms with Crippen LogP contribution >= 0.6 is 0 Å². The number of carbonyl (C=O) groups is 3. The maximum atomic E-state index is 13.2. The first-order chi connectivity index (χ1) is 18.3. The second kappa shape index (κ2) is 10.0. The number of hydrogen-bond acceptors (Lipinski definition) is 7. The summed E-state index contributed by atoms with van der Waals surface area (Å²) in [6.45, 7) is 0. The van der Waals surface area contributed by atoms with E-state index in [0.29, 0.717) is 40.8 Å². The molecule has 0 unspecified atom stereocenters. The third-order valence-electron chi connectivity index (χ3n) is 6.78. The lowest BCUT2D eigenvalue weighted by Gasteiger charge is -2.14. The highest BCUT2D eigenvalue weighted by Crippen LogP contribution is 2.48. The van der Waals surface area contributed by atoms with Crippen LogP contribution in [-0.2, 0) is 22.4 Å². The van der Waals surface area contributed by atoms with Gasteiger partial charge in [-0.25, -0.2) is 14.4 Å². The number of nitrogens with two attached hydrogens (primary N) is 1. The Morgan fingerprint density at radius 1 is 0.921 bits per heavy atom. The Bertz CT molecular complexity index is 1550. The van der Waals surface area contributed by atoms with Crippen LogP contribution in [0, 0.1) is 11.2 Å². The molecule has 9 heteroatoms. The smallest absolute Gasteiger partial charge is 0.252 e. The molecule has 1 heterocycles. The Kier molecular flexibility index (Phi) is 6.59. The molecule has 1 aliphatic carbocycles. The zero-order chi connectivity index (χ0) is 26.9. The number of nitrogens with zero attached hydrogens (tertiary/aromatic N) is 2. The summed E-state index contributed by atoms with van der Waals surface area (Å²) in [4.78, 5) is 46.2. The Morgan fingerprint density at radius 2 is 1.53 bits per heavy atom. The number of halogens is 1. The van der Waals surface area contributed by atoms with Crippen molar-refractivity contribution in [3.8, 4) is 17.4 Å². The molecular weight excluding hydrogens is 489 g/mol. The van der Waals surface area contributed by atoms with Gasteiger partial charge in [-0.15, -0.1) is 0 Å². The number of methoxy groups -OCH3 is 1. The molecule has 0 bridgehead atoms. The average molecular weight is 514 g/mol. The molecule has 5 rings (SSSR count). The molecule has 2 N–H and O–H groups in total. The van der Waals surface area contributed by atoms with E-state index in [2.05, 4.69) is 9.97 Å². The molecule has 1 aliphatic rings. The lowest BCUT2D eigenvalue weighted by atomic mass is 9.88. The average Bonchev–Trinajstić information content (AvgIpc) is 3.73. The van der Waals surface area contributed by atoms with E-state index in [1.54, 1.807) is 42.5 Å². The third kappa shape index (κ3) is 4.95. The summed E-state index contributed by atoms with van der Waals surface area (Å²) >= 11 is 0. The van der Waals surface area contributed by atoms with Crippen molar-refractivity contribution in [3.63, 3.8) is 0 Å². The molecular formula is C29H24FN3O5. The summed E-state index contributed by atoms with van der Waals surface area (Å²) in [5, 5.41) is 0.483. The molecule has 4 aromatic rings. The third-order valence-corrected chi connectivity index (χ3v) is 6.78. The first-order valence-electron chi connectivity index (χ1n) is 12.0. The van der Waals surface area contributed by atoms with Crippen LogP contribution in [-0.4, -0.2) is 34.6 Å². The standard InChI is InChI=1S/C29H24FN3O5/c1-37-24-15-23-21(14-22(24)27(31)36)28(33-16-32-23)38-20-8-4-18(5-9-20)13-26(35)29(10-11-29)25(34)12-17-2-6-19(30)7-3-17/h2-9,14-16H,10-13H2,1H3,(H2,31,36). The predicted octanol–water partition coefficient (Wildman–Crippen LogP) is 4.37. The minimum atomic E-state index is -0.956. The quantitative estimate of drug-likeness (QED) is 0.313. The number of carbonyl (C=O) groups excluding carboxylic acids is 3. The van der Waals surface area contributed by atoms with E-state index in [-0.39, 0.29) is 41.7 Å². The highest BCUT2D eigenvalue weighted by Gasteiger charge is 2.54. The summed E-state index contributed by atoms with van der Waals surface area (Å²) in [5.41, 5.74) is 6.65. The minimum Gasteiger partial charge on any atom is -0.496 e. The highest BCUT2D eigenvalue weighted by atomic mass is 19.1. The molecule has 3 aromatic carbocycles. The molecule has 38 heavy (non-hydrogen) atoms. The largest absolute Gasteiger partial charge is 0.496 e. The van der Waals surface area contributed by atoms with Crippen molar-refractivity contribution in [2.75, 3.05) is 7.11 Å². The van der Waals surface area contributed by atoms with Crippen LogP contribution in [0.2, 0.25) is 0 Å². The minimum absolute atomic E-state index is 0.106. The summed E-state index contributed by atoms with van der Waals surface area (Å²) in [7, 11) is 1.44. The predicted molar refractivity (Wildman–Crippen MR) is 137 cm³/mol. The van der Waals surface area contributed by atoms with E-state index in [4.69, 9.17) is 15.2 Å². The lowest BCUT2D eigenvalue weighted by Crippen LogP contribution is -2.28. The number of benzene rings is 3. The molecule has 0 radical (unpaired) electrons. The van der Waals surface area contributed by atoms with Crippen molar-refractivity contribution < 1.29 is 28.2 Å². The highest BCUT2D eigenvalue weighted by molar-refractivity contribution is 6.11. The molecule has 192 valence electrons. The van der Waals surface area contributed by atoms with E-state index in [1.165, 1.54) is 31.6 Å². The Labute approximate surface area is 217 Å². The van der Waals surface area contributed by atoms with Crippen LogP contribution in [0.15, 0.2) is 67.0 Å². The summed E-state index contributed by atoms with van der Waals surface area (Å²) in [5.74, 6) is -0.275. The van der Waals surface area contributed by atoms with Gasteiger partial charge < -0.3 is 15.2 Å². The van der Waals surface area contributed by atoms with Crippen molar-refractivity contribution in [1.82, 2.24) is 9.97 Å². The molecule has 1 amide bonds. The van der Waals surface area contributed by atoms with Gasteiger partial charge in [-0.1, -0.05) is 24.3 Å². The SMILES string of the molecule is COc1cc2ncnc(Oc3ccc(CC(=O)C4(C(=O)Cc5ccc(F)cc5)CC4)cc3)c2cc1C(N)=O. The lowest BCUT2D eigenvalue weighted by molar-refractivity contribution is -0.133. The Hall–Kier alpha value is -4.66. The number of fused-ring (bicyclic) bond motifs is 1. The van der Waals surface area contributed by atoms with Gasteiger partial charge in [-0.2, -0.15) is 0 Å². The van der Waals surface area contributed by atoms with Crippen molar-refractivity contribution in [1.29, 1.82) is 0 Å². The van der Waals surface area contributed by atoms with Crippen molar-refractivity contribution >= 4 is 28.4 Å². The van der Waals surface area contributed by atoms with E-state index in [9.17, 15) is 18.8 Å². The fourth-order valence-corrected chi connectivity index (χ4v) is 4.44. The van der Waals surface area contributed by atoms with Gasteiger partial charge in [0.05, 0.1) is 29.0 Å². The molecule has 1 fully saturated rings. The van der Waals surface area contributed by atoms with Crippen LogP contribution in [0.5, 0.6) is 17.4 Å². The number of hydrogen-bond donors (Lipinski definition) is 1. The summed E-state index contributed by atoms with van der Waals surface area (Å²) < 4.78 is 24.3. The topological polar surface area (TPSA) is 121 Å². The van der Waals surface area contributed by atoms with Gasteiger partial charge in [0.15, 0.2) is 11.6 Å². The normalized spacial score (nSPS) is 13.6. The molecule has 8 nitrogen and oxygen atoms in total. The monoisotopic (exact) mass is 513 g/mol. The van der Waals surface area contributed by atoms with Gasteiger partial charge in [0, 0.05) is 18.9 Å². The number of Topliss-reactive ketones (excluding diaryl/α,β-unsaturated/α-hetero) is 2. The van der Waals surface area contributed by atoms with E-state index in [0.717, 1.165) is 5.56 Å². The van der Waals surface area contributed by atoms with Crippen molar-refractivity contribution in [2.24, 2.45) is 11.1 Å². The van der Waals surface area contributed by atoms with E-state index < -0.39 is 11.3 Å². The van der Waals surface area contributed by atoms with Gasteiger partial charge >= 0.3 is 0 Å². The Morgan fingerprint density at radius 3 is 2.08 bits per heavy atom. The van der Waals surface area contributed by atoms with Crippen molar-refractivity contribution in [2.45, 2.75) is 25.7 Å². The second-order valence-corrected chi connectivity index (χ2v) is 9.27. The van der Waals surface area contributed by atoms with Crippen LogP contribution in [0.3, 0.4) is 0 Å². The zero-order valence-corrected chi connectivity index (χ0v) is 20.6. The van der Waals surface area contributed by atoms with Gasteiger partial charge in [0.2, 0.25) is 5.88 Å². The number of ether oxygens (including phenoxy) is 2. The first-order valence-corrected chi connectivity index (χ1v) is 12.0. The number of ketones is 2. The molecule has 1 saturated carbocycles. The molecule has 1 aromatic heterocycles. The number of primary amides is 1. The van der Waals surface area contributed by atoms with Crippen LogP contribution in [0.4, 0.5) is 4.39 Å². The van der Waals surface area contributed by atoms with E-state index in [1.807, 2.05) is 0 Å².